The quantitative estimate of drug-likeness (QED) is 0.248. The van der Waals surface area contributed by atoms with Crippen molar-refractivity contribution in [2.24, 2.45) is 0 Å². The summed E-state index contributed by atoms with van der Waals surface area (Å²) >= 11 is 0. The maximum atomic E-state index is 12.6. The Bertz CT molecular complexity index is 1350. The van der Waals surface area contributed by atoms with E-state index < -0.39 is 23.4 Å². The molecule has 9 nitrogen and oxygen atoms in total. The van der Waals surface area contributed by atoms with Crippen molar-refractivity contribution in [1.29, 1.82) is 0 Å². The van der Waals surface area contributed by atoms with Crippen LogP contribution in [0.2, 0.25) is 0 Å². The number of anilines is 1. The molecule has 1 heterocycles. The van der Waals surface area contributed by atoms with Gasteiger partial charge in [0.05, 0.1) is 16.3 Å². The molecule has 0 aliphatic rings. The number of nitrogens with one attached hydrogen (secondary N) is 1. The van der Waals surface area contributed by atoms with Crippen molar-refractivity contribution < 1.29 is 19.2 Å². The van der Waals surface area contributed by atoms with E-state index in [4.69, 9.17) is 4.74 Å². The average Bonchev–Trinajstić information content (AvgIpc) is 3.27. The molecular formula is C25H20N4O5. The van der Waals surface area contributed by atoms with E-state index in [1.807, 2.05) is 60.7 Å². The smallest absolute Gasteiger partial charge is 0.345 e. The summed E-state index contributed by atoms with van der Waals surface area (Å²) in [5.41, 5.74) is 2.01. The number of amides is 1. The number of carbonyl (C=O) groups is 2. The molecule has 0 spiro atoms. The van der Waals surface area contributed by atoms with Gasteiger partial charge in [-0.2, -0.15) is 5.10 Å². The second-order valence-electron chi connectivity index (χ2n) is 7.38. The molecular weight excluding hydrogens is 436 g/mol. The first-order valence-corrected chi connectivity index (χ1v) is 10.4. The molecule has 0 aliphatic heterocycles. The molecule has 170 valence electrons. The van der Waals surface area contributed by atoms with Crippen molar-refractivity contribution in [3.05, 3.63) is 106 Å². The van der Waals surface area contributed by atoms with Crippen molar-refractivity contribution in [2.75, 3.05) is 11.9 Å². The predicted octanol–water partition coefficient (Wildman–Crippen LogP) is 4.55. The zero-order valence-electron chi connectivity index (χ0n) is 18.2. The summed E-state index contributed by atoms with van der Waals surface area (Å²) in [6, 6.07) is 24.8. The average molecular weight is 456 g/mol. The number of benzene rings is 3. The Morgan fingerprint density at radius 3 is 2.35 bits per heavy atom. The summed E-state index contributed by atoms with van der Waals surface area (Å²) in [7, 11) is 0. The third kappa shape index (κ3) is 4.83. The highest BCUT2D eigenvalue weighted by atomic mass is 16.6. The number of esters is 1. The highest BCUT2D eigenvalue weighted by Crippen LogP contribution is 2.25. The molecule has 1 amide bonds. The number of aromatic nitrogens is 2. The van der Waals surface area contributed by atoms with Gasteiger partial charge >= 0.3 is 5.97 Å². The van der Waals surface area contributed by atoms with Crippen LogP contribution in [0.3, 0.4) is 0 Å². The summed E-state index contributed by atoms with van der Waals surface area (Å²) in [4.78, 5) is 35.7. The van der Waals surface area contributed by atoms with Crippen LogP contribution in [0, 0.1) is 17.0 Å². The second-order valence-corrected chi connectivity index (χ2v) is 7.38. The number of ether oxygens (including phenoxy) is 1. The molecule has 0 aliphatic carbocycles. The van der Waals surface area contributed by atoms with Crippen molar-refractivity contribution in [3.63, 3.8) is 0 Å². The Hall–Kier alpha value is -4.79. The molecule has 0 unspecified atom stereocenters. The van der Waals surface area contributed by atoms with E-state index in [0.717, 1.165) is 11.3 Å². The SMILES string of the molecule is Cc1cccc(C(=O)OCC(=O)Nc2cc(-c3ccccc3)nn2-c2ccccc2)c1[N+](=O)[O-]. The molecule has 0 saturated carbocycles. The van der Waals surface area contributed by atoms with Crippen LogP contribution in [0.25, 0.3) is 16.9 Å². The normalized spacial score (nSPS) is 10.5. The Balaban J connectivity index is 1.53. The summed E-state index contributed by atoms with van der Waals surface area (Å²) in [5, 5.41) is 18.6. The van der Waals surface area contributed by atoms with Gasteiger partial charge in [-0.15, -0.1) is 0 Å². The van der Waals surface area contributed by atoms with Gasteiger partial charge < -0.3 is 10.1 Å². The largest absolute Gasteiger partial charge is 0.452 e. The molecule has 1 aromatic heterocycles. The number of hydrogen-bond acceptors (Lipinski definition) is 6. The number of carbonyl (C=O) groups excluding carboxylic acids is 2. The first-order chi connectivity index (χ1) is 16.4. The van der Waals surface area contributed by atoms with Gasteiger partial charge in [-0.1, -0.05) is 60.7 Å². The van der Waals surface area contributed by atoms with Gasteiger partial charge in [0, 0.05) is 17.2 Å². The summed E-state index contributed by atoms with van der Waals surface area (Å²) < 4.78 is 6.64. The second kappa shape index (κ2) is 9.78. The Morgan fingerprint density at radius 2 is 1.68 bits per heavy atom. The van der Waals surface area contributed by atoms with Crippen LogP contribution in [0.4, 0.5) is 11.5 Å². The predicted molar refractivity (Wildman–Crippen MR) is 126 cm³/mol. The molecule has 9 heteroatoms. The summed E-state index contributed by atoms with van der Waals surface area (Å²) in [6.07, 6.45) is 0. The maximum Gasteiger partial charge on any atom is 0.345 e. The van der Waals surface area contributed by atoms with E-state index in [1.54, 1.807) is 10.7 Å². The lowest BCUT2D eigenvalue weighted by molar-refractivity contribution is -0.385. The molecule has 3 aromatic carbocycles. The first-order valence-electron chi connectivity index (χ1n) is 10.4. The first kappa shape index (κ1) is 22.4. The van der Waals surface area contributed by atoms with Crippen LogP contribution < -0.4 is 5.32 Å². The number of nitro benzene ring substituents is 1. The van der Waals surface area contributed by atoms with E-state index in [0.29, 0.717) is 17.1 Å². The number of rotatable bonds is 7. The molecule has 0 saturated heterocycles. The number of hydrogen-bond donors (Lipinski definition) is 1. The van der Waals surface area contributed by atoms with Crippen molar-refractivity contribution in [2.45, 2.75) is 6.92 Å². The van der Waals surface area contributed by atoms with Gasteiger partial charge in [-0.3, -0.25) is 14.9 Å². The van der Waals surface area contributed by atoms with Gasteiger partial charge in [0.25, 0.3) is 11.6 Å². The van der Waals surface area contributed by atoms with Crippen LogP contribution in [-0.2, 0) is 9.53 Å². The lowest BCUT2D eigenvalue weighted by Crippen LogP contribution is -2.22. The molecule has 0 fully saturated rings. The maximum absolute atomic E-state index is 12.6. The van der Waals surface area contributed by atoms with Gasteiger partial charge in [0.15, 0.2) is 6.61 Å². The molecule has 1 N–H and O–H groups in total. The number of aryl methyl sites for hydroxylation is 1. The van der Waals surface area contributed by atoms with Gasteiger partial charge in [-0.25, -0.2) is 9.48 Å². The van der Waals surface area contributed by atoms with E-state index >= 15 is 0 Å². The number of para-hydroxylation sites is 2. The Morgan fingerprint density at radius 1 is 1.00 bits per heavy atom. The number of nitrogens with zero attached hydrogens (tertiary/aromatic N) is 3. The highest BCUT2D eigenvalue weighted by Gasteiger charge is 2.24. The topological polar surface area (TPSA) is 116 Å². The lowest BCUT2D eigenvalue weighted by Gasteiger charge is -2.09. The van der Waals surface area contributed by atoms with Crippen LogP contribution in [0.1, 0.15) is 15.9 Å². The third-order valence-corrected chi connectivity index (χ3v) is 5.02. The highest BCUT2D eigenvalue weighted by molar-refractivity contribution is 5.98. The minimum absolute atomic E-state index is 0.210. The van der Waals surface area contributed by atoms with Crippen LogP contribution in [0.5, 0.6) is 0 Å². The van der Waals surface area contributed by atoms with Crippen molar-refractivity contribution in [3.8, 4) is 16.9 Å². The van der Waals surface area contributed by atoms with Gasteiger partial charge in [0.2, 0.25) is 0 Å². The summed E-state index contributed by atoms with van der Waals surface area (Å²) in [6.45, 7) is 0.904. The minimum atomic E-state index is -0.952. The molecule has 0 radical (unpaired) electrons. The Labute approximate surface area is 194 Å². The fourth-order valence-corrected chi connectivity index (χ4v) is 3.44. The third-order valence-electron chi connectivity index (χ3n) is 5.02. The monoisotopic (exact) mass is 456 g/mol. The zero-order chi connectivity index (χ0) is 24.1. The zero-order valence-corrected chi connectivity index (χ0v) is 18.2. The van der Waals surface area contributed by atoms with E-state index in [1.165, 1.54) is 25.1 Å². The number of nitro groups is 1. The van der Waals surface area contributed by atoms with E-state index in [-0.39, 0.29) is 11.3 Å². The van der Waals surface area contributed by atoms with Gasteiger partial charge in [-0.05, 0) is 25.1 Å². The molecule has 0 atom stereocenters. The summed E-state index contributed by atoms with van der Waals surface area (Å²) in [5.74, 6) is -1.18. The standard InChI is InChI=1S/C25H20N4O5/c1-17-9-8-14-20(24(17)29(32)33)25(31)34-16-23(30)26-22-15-21(18-10-4-2-5-11-18)27-28(22)19-12-6-3-7-13-19/h2-15H,16H2,1H3,(H,26,30). The van der Waals surface area contributed by atoms with Crippen molar-refractivity contribution in [1.82, 2.24) is 9.78 Å². The van der Waals surface area contributed by atoms with Crippen LogP contribution >= 0.6 is 0 Å². The molecule has 0 bridgehead atoms. The Kier molecular flexibility index (Phi) is 6.45. The van der Waals surface area contributed by atoms with Gasteiger partial charge in [0.1, 0.15) is 11.4 Å². The minimum Gasteiger partial charge on any atom is -0.452 e. The lowest BCUT2D eigenvalue weighted by atomic mass is 10.1. The van der Waals surface area contributed by atoms with Crippen LogP contribution in [-0.4, -0.2) is 33.2 Å². The van der Waals surface area contributed by atoms with Crippen molar-refractivity contribution >= 4 is 23.4 Å². The molecule has 4 aromatic rings. The fourth-order valence-electron chi connectivity index (χ4n) is 3.44. The molecule has 34 heavy (non-hydrogen) atoms. The van der Waals surface area contributed by atoms with E-state index in [2.05, 4.69) is 10.4 Å². The molecule has 4 rings (SSSR count). The van der Waals surface area contributed by atoms with Crippen LogP contribution in [0.15, 0.2) is 84.9 Å². The fraction of sp³-hybridized carbons (Fsp3) is 0.0800. The van der Waals surface area contributed by atoms with E-state index in [9.17, 15) is 19.7 Å².